The lowest BCUT2D eigenvalue weighted by Gasteiger charge is -2.01. The fraction of sp³-hybridized carbons (Fsp3) is 0. The van der Waals surface area contributed by atoms with Gasteiger partial charge in [0.1, 0.15) is 0 Å². The molecule has 5 nitrogen and oxygen atoms in total. The molecule has 0 fully saturated rings. The first-order chi connectivity index (χ1) is 10.2. The summed E-state index contributed by atoms with van der Waals surface area (Å²) in [6.45, 7) is 0. The van der Waals surface area contributed by atoms with Gasteiger partial charge in [-0.2, -0.15) is 4.98 Å². The van der Waals surface area contributed by atoms with E-state index in [2.05, 4.69) is 15.3 Å². The number of rotatable bonds is 3. The lowest BCUT2D eigenvalue weighted by Crippen LogP contribution is -1.99. The van der Waals surface area contributed by atoms with Gasteiger partial charge in [-0.1, -0.05) is 0 Å². The molecule has 0 radical (unpaired) electrons. The minimum absolute atomic E-state index is 0.711. The third-order valence-corrected chi connectivity index (χ3v) is 4.61. The number of nitrogens with two attached hydrogens (primary N) is 2. The molecular formula is C14H13N5S2. The highest BCUT2D eigenvalue weighted by molar-refractivity contribution is 7.69. The molecule has 7 heteroatoms. The van der Waals surface area contributed by atoms with Crippen LogP contribution in [0.25, 0.3) is 0 Å². The Morgan fingerprint density at radius 1 is 0.857 bits per heavy atom. The molecule has 0 saturated carbocycles. The summed E-state index contributed by atoms with van der Waals surface area (Å²) < 4.78 is 0. The zero-order valence-electron chi connectivity index (χ0n) is 11.0. The molecule has 3 aromatic rings. The predicted octanol–water partition coefficient (Wildman–Crippen LogP) is 3.35. The first-order valence-electron chi connectivity index (χ1n) is 6.19. The smallest absolute Gasteiger partial charge is 0.222 e. The van der Waals surface area contributed by atoms with Gasteiger partial charge in [0.2, 0.25) is 4.80 Å². The maximum Gasteiger partial charge on any atom is 0.222 e. The molecule has 0 atom stereocenters. The van der Waals surface area contributed by atoms with Crippen molar-refractivity contribution < 1.29 is 0 Å². The average Bonchev–Trinajstić information content (AvgIpc) is 2.91. The quantitative estimate of drug-likeness (QED) is 0.511. The highest BCUT2D eigenvalue weighted by atomic mass is 32.9. The molecule has 1 aromatic heterocycles. The normalized spacial score (nSPS) is 11.5. The van der Waals surface area contributed by atoms with Crippen LogP contribution < -0.4 is 21.6 Å². The van der Waals surface area contributed by atoms with E-state index in [-0.39, 0.29) is 0 Å². The van der Waals surface area contributed by atoms with Gasteiger partial charge in [-0.15, -0.1) is 0 Å². The molecule has 1 heterocycles. The lowest BCUT2D eigenvalue weighted by molar-refractivity contribution is 1.24. The molecule has 0 spiro atoms. The van der Waals surface area contributed by atoms with Crippen LogP contribution in [0.5, 0.6) is 0 Å². The van der Waals surface area contributed by atoms with Gasteiger partial charge in [0.05, 0.1) is 5.69 Å². The Kier molecular flexibility index (Phi) is 3.85. The van der Waals surface area contributed by atoms with E-state index in [0.29, 0.717) is 4.80 Å². The third kappa shape index (κ3) is 3.59. The highest BCUT2D eigenvalue weighted by Gasteiger charge is 2.00. The number of nitrogens with zero attached hydrogens (tertiary/aromatic N) is 2. The van der Waals surface area contributed by atoms with Gasteiger partial charge in [0, 0.05) is 17.1 Å². The van der Waals surface area contributed by atoms with Crippen molar-refractivity contribution in [2.45, 2.75) is 0 Å². The van der Waals surface area contributed by atoms with Crippen LogP contribution in [-0.4, -0.2) is 4.98 Å². The van der Waals surface area contributed by atoms with E-state index in [0.717, 1.165) is 27.9 Å². The van der Waals surface area contributed by atoms with Crippen LogP contribution in [-0.2, 0) is 0 Å². The fourth-order valence-electron chi connectivity index (χ4n) is 1.64. The Morgan fingerprint density at radius 3 is 2.14 bits per heavy atom. The van der Waals surface area contributed by atoms with Crippen LogP contribution >= 0.6 is 20.7 Å². The minimum Gasteiger partial charge on any atom is -0.399 e. The number of benzene rings is 2. The van der Waals surface area contributed by atoms with E-state index in [4.69, 9.17) is 11.5 Å². The van der Waals surface area contributed by atoms with Crippen molar-refractivity contribution in [3.63, 3.8) is 0 Å². The molecule has 106 valence electrons. The van der Waals surface area contributed by atoms with E-state index in [1.54, 1.807) is 10.3 Å². The van der Waals surface area contributed by atoms with Gasteiger partial charge in [0.15, 0.2) is 5.13 Å². The zero-order valence-corrected chi connectivity index (χ0v) is 12.6. The summed E-state index contributed by atoms with van der Waals surface area (Å²) in [4.78, 5) is 9.61. The molecule has 0 saturated heterocycles. The van der Waals surface area contributed by atoms with Crippen LogP contribution in [0.15, 0.2) is 53.5 Å². The van der Waals surface area contributed by atoms with Gasteiger partial charge in [-0.3, -0.25) is 0 Å². The zero-order chi connectivity index (χ0) is 14.7. The molecule has 2 aromatic carbocycles. The van der Waals surface area contributed by atoms with Crippen LogP contribution in [0.2, 0.25) is 0 Å². The van der Waals surface area contributed by atoms with Crippen molar-refractivity contribution in [2.75, 3.05) is 16.8 Å². The first kappa shape index (κ1) is 13.6. The highest BCUT2D eigenvalue weighted by Crippen LogP contribution is 2.21. The van der Waals surface area contributed by atoms with Gasteiger partial charge < -0.3 is 16.8 Å². The molecule has 0 aliphatic carbocycles. The van der Waals surface area contributed by atoms with Gasteiger partial charge in [0.25, 0.3) is 0 Å². The maximum atomic E-state index is 5.66. The summed E-state index contributed by atoms with van der Waals surface area (Å²) in [5.41, 5.74) is 14.6. The van der Waals surface area contributed by atoms with Gasteiger partial charge in [-0.25, -0.2) is 4.99 Å². The second-order valence-electron chi connectivity index (χ2n) is 4.32. The Morgan fingerprint density at radius 2 is 1.48 bits per heavy atom. The van der Waals surface area contributed by atoms with Crippen LogP contribution in [0.1, 0.15) is 0 Å². The molecule has 0 aliphatic rings. The molecule has 21 heavy (non-hydrogen) atoms. The van der Waals surface area contributed by atoms with E-state index in [9.17, 15) is 0 Å². The Hall–Kier alpha value is -2.38. The topological polar surface area (TPSA) is 89.3 Å². The number of hydrogen-bond acceptors (Lipinski definition) is 7. The molecule has 5 N–H and O–H groups in total. The molecule has 0 unspecified atom stereocenters. The number of hydrogen-bond donors (Lipinski definition) is 3. The monoisotopic (exact) mass is 315 g/mol. The number of nitrogens with one attached hydrogen (secondary N) is 1. The van der Waals surface area contributed by atoms with Crippen molar-refractivity contribution in [1.29, 1.82) is 0 Å². The van der Waals surface area contributed by atoms with E-state index in [1.807, 2.05) is 48.5 Å². The second kappa shape index (κ2) is 5.94. The standard InChI is InChI=1S/C14H13N5S2/c15-9-1-5-11(6-2-9)17-13-19-14(21-20-13)18-12-7-3-10(16)4-8-12/h1-8H,15-16H2,(H,17,18,19). The van der Waals surface area contributed by atoms with Crippen molar-refractivity contribution in [3.05, 3.63) is 53.3 Å². The summed E-state index contributed by atoms with van der Waals surface area (Å²) in [6.07, 6.45) is 0. The van der Waals surface area contributed by atoms with Crippen LogP contribution in [0, 0.1) is 0 Å². The Bertz CT molecular complexity index is 787. The average molecular weight is 315 g/mol. The van der Waals surface area contributed by atoms with E-state index < -0.39 is 0 Å². The largest absolute Gasteiger partial charge is 0.399 e. The molecule has 0 amide bonds. The lowest BCUT2D eigenvalue weighted by atomic mass is 10.3. The molecular weight excluding hydrogens is 302 g/mol. The second-order valence-corrected chi connectivity index (χ2v) is 6.40. The summed E-state index contributed by atoms with van der Waals surface area (Å²) in [7, 11) is 3.06. The number of aromatic nitrogens is 1. The minimum atomic E-state index is 0.711. The van der Waals surface area contributed by atoms with Gasteiger partial charge in [-0.05, 0) is 69.2 Å². The number of nitrogen functional groups attached to an aromatic ring is 2. The SMILES string of the molecule is Nc1ccc(N=c2nc(Nc3ccc(N)cc3)ss2)cc1. The van der Waals surface area contributed by atoms with Crippen LogP contribution in [0.4, 0.5) is 27.9 Å². The molecule has 0 aliphatic heterocycles. The molecule has 0 bridgehead atoms. The fourth-order valence-corrected chi connectivity index (χ4v) is 3.33. The maximum absolute atomic E-state index is 5.66. The Labute approximate surface area is 129 Å². The van der Waals surface area contributed by atoms with Crippen molar-refractivity contribution in [1.82, 2.24) is 4.98 Å². The van der Waals surface area contributed by atoms with E-state index >= 15 is 0 Å². The Balaban J connectivity index is 1.79. The van der Waals surface area contributed by atoms with Crippen LogP contribution in [0.3, 0.4) is 0 Å². The molecule has 3 rings (SSSR count). The summed E-state index contributed by atoms with van der Waals surface area (Å²) >= 11 is 0. The van der Waals surface area contributed by atoms with Crippen molar-refractivity contribution in [3.8, 4) is 0 Å². The first-order valence-corrected chi connectivity index (χ1v) is 8.34. The number of anilines is 4. The van der Waals surface area contributed by atoms with Gasteiger partial charge >= 0.3 is 0 Å². The summed E-state index contributed by atoms with van der Waals surface area (Å²) in [5, 5.41) is 4.03. The summed E-state index contributed by atoms with van der Waals surface area (Å²) in [6, 6.07) is 14.9. The van der Waals surface area contributed by atoms with Crippen molar-refractivity contribution in [2.24, 2.45) is 4.99 Å². The summed E-state index contributed by atoms with van der Waals surface area (Å²) in [5.74, 6) is 0. The predicted molar refractivity (Wildman–Crippen MR) is 90.2 cm³/mol. The van der Waals surface area contributed by atoms with Crippen molar-refractivity contribution >= 4 is 48.6 Å². The van der Waals surface area contributed by atoms with E-state index in [1.165, 1.54) is 10.3 Å². The third-order valence-electron chi connectivity index (χ3n) is 2.67.